The van der Waals surface area contributed by atoms with Crippen LogP contribution in [0.5, 0.6) is 0 Å². The molecule has 1 heterocycles. The Bertz CT molecular complexity index is 436. The van der Waals surface area contributed by atoms with E-state index >= 15 is 0 Å². The van der Waals surface area contributed by atoms with Crippen LogP contribution in [0.4, 0.5) is 4.39 Å². The van der Waals surface area contributed by atoms with E-state index in [9.17, 15) is 9.50 Å². The Balaban J connectivity index is 0.00000242. The first-order chi connectivity index (χ1) is 10.1. The lowest BCUT2D eigenvalue weighted by molar-refractivity contribution is -0.0140. The summed E-state index contributed by atoms with van der Waals surface area (Å²) in [5, 5.41) is 10.1. The van der Waals surface area contributed by atoms with Gasteiger partial charge in [0.25, 0.3) is 0 Å². The Kier molecular flexibility index (Phi) is 8.33. The summed E-state index contributed by atoms with van der Waals surface area (Å²) in [4.78, 5) is 2.35. The second kappa shape index (κ2) is 9.46. The predicted octanol–water partition coefficient (Wildman–Crippen LogP) is -0.0299. The molecule has 1 saturated heterocycles. The number of benzene rings is 1. The van der Waals surface area contributed by atoms with Crippen LogP contribution < -0.4 is 12.4 Å². The van der Waals surface area contributed by atoms with Gasteiger partial charge in [-0.1, -0.05) is 24.6 Å². The van der Waals surface area contributed by atoms with E-state index in [1.807, 2.05) is 0 Å². The first-order valence-electron chi connectivity index (χ1n) is 7.83. The minimum absolute atomic E-state index is 0. The molecule has 5 heteroatoms. The van der Waals surface area contributed by atoms with Crippen LogP contribution in [0.2, 0.25) is 0 Å². The molecule has 1 aliphatic rings. The second-order valence-corrected chi connectivity index (χ2v) is 6.09. The van der Waals surface area contributed by atoms with Crippen molar-refractivity contribution in [1.82, 2.24) is 4.90 Å². The third-order valence-corrected chi connectivity index (χ3v) is 4.32. The molecule has 1 N–H and O–H groups in total. The molecule has 0 amide bonds. The van der Waals surface area contributed by atoms with E-state index in [1.165, 1.54) is 25.3 Å². The first-order valence-corrected chi connectivity index (χ1v) is 7.83. The highest BCUT2D eigenvalue weighted by Crippen LogP contribution is 2.22. The van der Waals surface area contributed by atoms with Crippen molar-refractivity contribution >= 4 is 0 Å². The summed E-state index contributed by atoms with van der Waals surface area (Å²) in [6.45, 7) is 5.49. The van der Waals surface area contributed by atoms with Crippen molar-refractivity contribution in [1.29, 1.82) is 0 Å². The zero-order chi connectivity index (χ0) is 15.2. The number of piperidine rings is 1. The number of β-amino-alcohol motifs (C(OH)–C–C–N with tert-alkyl or cyclic N) is 1. The molecule has 3 nitrogen and oxygen atoms in total. The Morgan fingerprint density at radius 3 is 2.55 bits per heavy atom. The van der Waals surface area contributed by atoms with E-state index in [0.717, 1.165) is 0 Å². The summed E-state index contributed by atoms with van der Waals surface area (Å²) >= 11 is 0. The van der Waals surface area contributed by atoms with Crippen LogP contribution in [0.1, 0.15) is 38.7 Å². The van der Waals surface area contributed by atoms with Crippen LogP contribution in [0.25, 0.3) is 0 Å². The molecule has 0 aromatic heterocycles. The quantitative estimate of drug-likeness (QED) is 0.795. The lowest BCUT2D eigenvalue weighted by atomic mass is 9.97. The van der Waals surface area contributed by atoms with Crippen molar-refractivity contribution in [2.75, 3.05) is 13.2 Å². The summed E-state index contributed by atoms with van der Waals surface area (Å²) in [5.74, 6) is -0.259. The zero-order valence-electron chi connectivity index (χ0n) is 13.3. The summed E-state index contributed by atoms with van der Waals surface area (Å²) in [6, 6.07) is 7.59. The maximum Gasteiger partial charge on any atom is 0.128 e. The lowest BCUT2D eigenvalue weighted by Gasteiger charge is -2.40. The number of hydrogen-bond acceptors (Lipinski definition) is 3. The number of likely N-dealkylation sites (tertiary alicyclic amines) is 1. The van der Waals surface area contributed by atoms with Gasteiger partial charge in [0.1, 0.15) is 5.82 Å². The van der Waals surface area contributed by atoms with Crippen molar-refractivity contribution in [2.24, 2.45) is 0 Å². The maximum atomic E-state index is 13.4. The van der Waals surface area contributed by atoms with Crippen molar-refractivity contribution in [2.45, 2.75) is 57.9 Å². The summed E-state index contributed by atoms with van der Waals surface area (Å²) in [7, 11) is 0. The van der Waals surface area contributed by atoms with Crippen molar-refractivity contribution in [3.63, 3.8) is 0 Å². The zero-order valence-corrected chi connectivity index (χ0v) is 14.1. The minimum atomic E-state index is -0.528. The highest BCUT2D eigenvalue weighted by Gasteiger charge is 2.26. The van der Waals surface area contributed by atoms with Gasteiger partial charge in [0.15, 0.2) is 0 Å². The number of halogens is 2. The molecule has 22 heavy (non-hydrogen) atoms. The van der Waals surface area contributed by atoms with Crippen molar-refractivity contribution in [3.05, 3.63) is 35.6 Å². The average molecular weight is 331 g/mol. The number of aliphatic hydroxyl groups excluding tert-OH is 1. The Morgan fingerprint density at radius 1 is 1.27 bits per heavy atom. The average Bonchev–Trinajstić information content (AvgIpc) is 2.45. The highest BCUT2D eigenvalue weighted by molar-refractivity contribution is 5.16. The molecular weight excluding hydrogens is 305 g/mol. The monoisotopic (exact) mass is 330 g/mol. The molecule has 0 radical (unpaired) electrons. The molecule has 0 aliphatic carbocycles. The molecule has 1 aromatic carbocycles. The Morgan fingerprint density at radius 2 is 1.91 bits per heavy atom. The molecule has 1 aromatic rings. The van der Waals surface area contributed by atoms with E-state index in [1.54, 1.807) is 18.2 Å². The van der Waals surface area contributed by atoms with Gasteiger partial charge in [-0.3, -0.25) is 4.90 Å². The topological polar surface area (TPSA) is 32.7 Å². The number of aliphatic hydroxyl groups is 1. The van der Waals surface area contributed by atoms with E-state index in [4.69, 9.17) is 4.74 Å². The minimum Gasteiger partial charge on any atom is -1.00 e. The molecule has 0 saturated carbocycles. The number of rotatable bonds is 6. The van der Waals surface area contributed by atoms with Gasteiger partial charge in [0.2, 0.25) is 0 Å². The Labute approximate surface area is 138 Å². The fraction of sp³-hybridized carbons (Fsp3) is 0.647. The summed E-state index contributed by atoms with van der Waals surface area (Å²) in [6.07, 6.45) is 3.11. The van der Waals surface area contributed by atoms with E-state index < -0.39 is 6.10 Å². The smallest absolute Gasteiger partial charge is 0.128 e. The molecular formula is C17H26ClFNO2-. The van der Waals surface area contributed by atoms with Crippen LogP contribution in [-0.4, -0.2) is 41.3 Å². The van der Waals surface area contributed by atoms with E-state index in [0.29, 0.717) is 24.2 Å². The molecule has 3 unspecified atom stereocenters. The van der Waals surface area contributed by atoms with Gasteiger partial charge in [0, 0.05) is 24.2 Å². The molecule has 1 aliphatic heterocycles. The number of ether oxygens (including phenoxy) is 1. The predicted molar refractivity (Wildman–Crippen MR) is 81.5 cm³/mol. The van der Waals surface area contributed by atoms with Crippen molar-refractivity contribution < 1.29 is 26.6 Å². The molecule has 2 rings (SSSR count). The van der Waals surface area contributed by atoms with Gasteiger partial charge in [-0.05, 0) is 32.8 Å². The number of hydrogen-bond donors (Lipinski definition) is 1. The normalized spacial score (nSPS) is 23.8. The molecule has 126 valence electrons. The van der Waals surface area contributed by atoms with Crippen LogP contribution in [0.3, 0.4) is 0 Å². The third kappa shape index (κ3) is 5.51. The van der Waals surface area contributed by atoms with Crippen LogP contribution in [0, 0.1) is 5.82 Å². The Hall–Kier alpha value is -0.680. The lowest BCUT2D eigenvalue weighted by Crippen LogP contribution is -3.00. The standard InChI is InChI=1S/C17H26FNO2.ClH/c1-13-6-5-7-14(2)19(13)10-16(20)12-21-11-15-8-3-4-9-17(15)18;/h3-4,8-9,13-14,16,20H,5-7,10-12H2,1-2H3;1H/p-1. The molecule has 1 fully saturated rings. The molecule has 0 spiro atoms. The SMILES string of the molecule is CC1CCCC(C)N1CC(O)COCc1ccccc1F.[Cl-]. The maximum absolute atomic E-state index is 13.4. The third-order valence-electron chi connectivity index (χ3n) is 4.32. The fourth-order valence-corrected chi connectivity index (χ4v) is 3.05. The van der Waals surface area contributed by atoms with Crippen molar-refractivity contribution in [3.8, 4) is 0 Å². The van der Waals surface area contributed by atoms with E-state index in [-0.39, 0.29) is 31.4 Å². The van der Waals surface area contributed by atoms with E-state index in [2.05, 4.69) is 18.7 Å². The van der Waals surface area contributed by atoms with Gasteiger partial charge in [-0.25, -0.2) is 4.39 Å². The highest BCUT2D eigenvalue weighted by atomic mass is 35.5. The molecule has 0 bridgehead atoms. The summed E-state index contributed by atoms with van der Waals surface area (Å²) < 4.78 is 18.9. The van der Waals surface area contributed by atoms with Crippen LogP contribution >= 0.6 is 0 Å². The van der Waals surface area contributed by atoms with Gasteiger partial charge in [-0.15, -0.1) is 0 Å². The van der Waals surface area contributed by atoms with Gasteiger partial charge in [0.05, 0.1) is 19.3 Å². The van der Waals surface area contributed by atoms with Crippen LogP contribution in [-0.2, 0) is 11.3 Å². The fourth-order valence-electron chi connectivity index (χ4n) is 3.05. The van der Waals surface area contributed by atoms with Crippen LogP contribution in [0.15, 0.2) is 24.3 Å². The van der Waals surface area contributed by atoms with Gasteiger partial charge >= 0.3 is 0 Å². The largest absolute Gasteiger partial charge is 1.00 e. The number of nitrogens with zero attached hydrogens (tertiary/aromatic N) is 1. The summed E-state index contributed by atoms with van der Waals surface area (Å²) in [5.41, 5.74) is 0.532. The first kappa shape index (κ1) is 19.4. The molecule has 3 atom stereocenters. The van der Waals surface area contributed by atoms with Gasteiger partial charge < -0.3 is 22.3 Å². The van der Waals surface area contributed by atoms with Gasteiger partial charge in [-0.2, -0.15) is 0 Å². The second-order valence-electron chi connectivity index (χ2n) is 6.09.